The lowest BCUT2D eigenvalue weighted by Crippen LogP contribution is -2.59. The van der Waals surface area contributed by atoms with Crippen LogP contribution in [-0.2, 0) is 16.1 Å². The molecule has 6 heteroatoms. The van der Waals surface area contributed by atoms with Crippen molar-refractivity contribution in [1.29, 1.82) is 0 Å². The van der Waals surface area contributed by atoms with Gasteiger partial charge in [-0.05, 0) is 18.2 Å². The summed E-state index contributed by atoms with van der Waals surface area (Å²) < 4.78 is 11.7. The molecule has 0 radical (unpaired) electrons. The number of piperazine rings is 1. The predicted molar refractivity (Wildman–Crippen MR) is 108 cm³/mol. The summed E-state index contributed by atoms with van der Waals surface area (Å²) in [5.74, 6) is 1.76. The Kier molecular flexibility index (Phi) is 5.55. The maximum Gasteiger partial charge on any atom is 0.210 e. The van der Waals surface area contributed by atoms with E-state index in [0.29, 0.717) is 13.2 Å². The molecule has 0 aromatic heterocycles. The highest BCUT2D eigenvalue weighted by molar-refractivity contribution is 7.99. The highest BCUT2D eigenvalue weighted by atomic mass is 32.2. The van der Waals surface area contributed by atoms with Gasteiger partial charge < -0.3 is 19.3 Å². The molecule has 2 heterocycles. The van der Waals surface area contributed by atoms with Crippen molar-refractivity contribution in [2.75, 3.05) is 37.4 Å². The third kappa shape index (κ3) is 3.77. The lowest BCUT2D eigenvalue weighted by atomic mass is 10.0. The quantitative estimate of drug-likeness (QED) is 0.742. The van der Waals surface area contributed by atoms with Crippen molar-refractivity contribution >= 4 is 23.9 Å². The van der Waals surface area contributed by atoms with Gasteiger partial charge in [0.15, 0.2) is 0 Å². The number of ether oxygens (including phenoxy) is 2. The topological polar surface area (TPSA) is 42.0 Å². The van der Waals surface area contributed by atoms with Gasteiger partial charge in [-0.2, -0.15) is 0 Å². The Balaban J connectivity index is 1.56. The van der Waals surface area contributed by atoms with Gasteiger partial charge in [-0.15, -0.1) is 11.8 Å². The molecule has 2 atom stereocenters. The van der Waals surface area contributed by atoms with E-state index in [0.717, 1.165) is 31.0 Å². The van der Waals surface area contributed by atoms with E-state index in [2.05, 4.69) is 29.2 Å². The minimum Gasteiger partial charge on any atom is -0.486 e. The van der Waals surface area contributed by atoms with E-state index in [9.17, 15) is 4.79 Å². The van der Waals surface area contributed by atoms with Crippen LogP contribution in [0.5, 0.6) is 5.75 Å². The fourth-order valence-corrected chi connectivity index (χ4v) is 4.89. The van der Waals surface area contributed by atoms with E-state index in [-0.39, 0.29) is 12.1 Å². The van der Waals surface area contributed by atoms with Gasteiger partial charge in [0.25, 0.3) is 0 Å². The molecule has 1 fully saturated rings. The third-order valence-corrected chi connectivity index (χ3v) is 6.33. The summed E-state index contributed by atoms with van der Waals surface area (Å²) in [6, 6.07) is 16.5. The summed E-state index contributed by atoms with van der Waals surface area (Å²) in [5.41, 5.74) is 2.35. The Bertz CT molecular complexity index is 801. The van der Waals surface area contributed by atoms with E-state index in [4.69, 9.17) is 9.47 Å². The van der Waals surface area contributed by atoms with E-state index in [1.54, 1.807) is 18.9 Å². The zero-order chi connectivity index (χ0) is 18.6. The van der Waals surface area contributed by atoms with Gasteiger partial charge in [-0.3, -0.25) is 4.79 Å². The van der Waals surface area contributed by atoms with Crippen LogP contribution in [0.25, 0.3) is 0 Å². The molecular weight excluding hydrogens is 360 g/mol. The maximum absolute atomic E-state index is 11.7. The van der Waals surface area contributed by atoms with Gasteiger partial charge in [-0.25, -0.2) is 0 Å². The third-order valence-electron chi connectivity index (χ3n) is 5.19. The molecule has 27 heavy (non-hydrogen) atoms. The Morgan fingerprint density at radius 1 is 1.19 bits per heavy atom. The van der Waals surface area contributed by atoms with Crippen LogP contribution in [0.4, 0.5) is 5.69 Å². The van der Waals surface area contributed by atoms with Gasteiger partial charge in [0.1, 0.15) is 11.9 Å². The molecule has 2 aliphatic rings. The van der Waals surface area contributed by atoms with Crippen molar-refractivity contribution in [1.82, 2.24) is 4.90 Å². The van der Waals surface area contributed by atoms with Crippen LogP contribution in [0.1, 0.15) is 5.56 Å². The number of anilines is 1. The normalized spacial score (nSPS) is 22.1. The Morgan fingerprint density at radius 3 is 2.85 bits per heavy atom. The fraction of sp³-hybridized carbons (Fsp3) is 0.381. The predicted octanol–water partition coefficient (Wildman–Crippen LogP) is 3.03. The Hall–Kier alpha value is -2.18. The monoisotopic (exact) mass is 384 g/mol. The Morgan fingerprint density at radius 2 is 2.00 bits per heavy atom. The molecule has 5 nitrogen and oxygen atoms in total. The first-order chi connectivity index (χ1) is 13.3. The van der Waals surface area contributed by atoms with Gasteiger partial charge in [0.05, 0.1) is 12.6 Å². The van der Waals surface area contributed by atoms with Crippen LogP contribution in [0.15, 0.2) is 53.4 Å². The molecule has 4 rings (SSSR count). The number of hydrogen-bond acceptors (Lipinski definition) is 5. The summed E-state index contributed by atoms with van der Waals surface area (Å²) in [6.45, 7) is 2.85. The van der Waals surface area contributed by atoms with Crippen LogP contribution in [-0.4, -0.2) is 56.0 Å². The van der Waals surface area contributed by atoms with Crippen molar-refractivity contribution in [3.8, 4) is 5.75 Å². The molecule has 2 aliphatic heterocycles. The number of rotatable bonds is 5. The molecule has 0 spiro atoms. The lowest BCUT2D eigenvalue weighted by molar-refractivity contribution is -0.122. The molecule has 142 valence electrons. The molecule has 0 aliphatic carbocycles. The fourth-order valence-electron chi connectivity index (χ4n) is 3.83. The number of carbonyl (C=O) groups is 1. The number of hydrogen-bond donors (Lipinski definition) is 0. The summed E-state index contributed by atoms with van der Waals surface area (Å²) >= 11 is 1.81. The molecular formula is C21H24N2O3S. The number of fused-ring (bicyclic) bond motifs is 1. The van der Waals surface area contributed by atoms with Gasteiger partial charge >= 0.3 is 0 Å². The van der Waals surface area contributed by atoms with E-state index in [1.165, 1.54) is 16.1 Å². The smallest absolute Gasteiger partial charge is 0.210 e. The van der Waals surface area contributed by atoms with Gasteiger partial charge in [0.2, 0.25) is 6.41 Å². The first kappa shape index (κ1) is 18.2. The zero-order valence-corrected chi connectivity index (χ0v) is 16.2. The average molecular weight is 385 g/mol. The second-order valence-electron chi connectivity index (χ2n) is 6.83. The summed E-state index contributed by atoms with van der Waals surface area (Å²) in [4.78, 5) is 17.1. The van der Waals surface area contributed by atoms with Gasteiger partial charge in [-0.1, -0.05) is 30.3 Å². The standard InChI is InChI=1S/C21H24N2O3S/c1-25-13-16-6-2-3-7-17(16)22-10-11-23(15-24)18(12-22)20-14-27-21-9-5-4-8-19(21)26-20/h2-9,15,18,20H,10-14H2,1H3. The van der Waals surface area contributed by atoms with E-state index in [1.807, 2.05) is 29.2 Å². The molecule has 0 N–H and O–H groups in total. The highest BCUT2D eigenvalue weighted by Gasteiger charge is 2.36. The highest BCUT2D eigenvalue weighted by Crippen LogP contribution is 2.37. The van der Waals surface area contributed by atoms with E-state index < -0.39 is 0 Å². The van der Waals surface area contributed by atoms with Crippen molar-refractivity contribution in [2.45, 2.75) is 23.6 Å². The molecule has 2 aromatic carbocycles. The average Bonchev–Trinajstić information content (AvgIpc) is 2.73. The second-order valence-corrected chi connectivity index (χ2v) is 7.89. The van der Waals surface area contributed by atoms with Crippen LogP contribution in [0, 0.1) is 0 Å². The molecule has 1 amide bonds. The molecule has 2 aromatic rings. The first-order valence-electron chi connectivity index (χ1n) is 9.21. The number of amides is 1. The number of methoxy groups -OCH3 is 1. The number of benzene rings is 2. The largest absolute Gasteiger partial charge is 0.486 e. The number of thioether (sulfide) groups is 1. The minimum absolute atomic E-state index is 0.0208. The lowest BCUT2D eigenvalue weighted by Gasteiger charge is -2.45. The SMILES string of the molecule is COCc1ccccc1N1CCN(C=O)C(C2CSc3ccccc3O2)C1. The molecule has 0 saturated carbocycles. The van der Waals surface area contributed by atoms with Crippen LogP contribution in [0.2, 0.25) is 0 Å². The first-order valence-corrected chi connectivity index (χ1v) is 10.2. The van der Waals surface area contributed by atoms with Crippen molar-refractivity contribution < 1.29 is 14.3 Å². The summed E-state index contributed by atoms with van der Waals surface area (Å²) in [7, 11) is 1.72. The number of nitrogens with zero attached hydrogens (tertiary/aromatic N) is 2. The summed E-state index contributed by atoms with van der Waals surface area (Å²) in [6.07, 6.45) is 0.949. The van der Waals surface area contributed by atoms with Crippen molar-refractivity contribution in [3.63, 3.8) is 0 Å². The zero-order valence-electron chi connectivity index (χ0n) is 15.4. The van der Waals surface area contributed by atoms with Crippen LogP contribution in [0.3, 0.4) is 0 Å². The minimum atomic E-state index is -0.0208. The Labute approximate surface area is 164 Å². The molecule has 1 saturated heterocycles. The number of carbonyl (C=O) groups excluding carboxylic acids is 1. The molecule has 0 bridgehead atoms. The van der Waals surface area contributed by atoms with Crippen LogP contribution < -0.4 is 9.64 Å². The van der Waals surface area contributed by atoms with Crippen molar-refractivity contribution in [2.24, 2.45) is 0 Å². The van der Waals surface area contributed by atoms with Crippen molar-refractivity contribution in [3.05, 3.63) is 54.1 Å². The van der Waals surface area contributed by atoms with Gasteiger partial charge in [0, 0.05) is 48.6 Å². The second kappa shape index (κ2) is 8.23. The van der Waals surface area contributed by atoms with E-state index >= 15 is 0 Å². The maximum atomic E-state index is 11.7. The summed E-state index contributed by atoms with van der Waals surface area (Å²) in [5, 5.41) is 0. The van der Waals surface area contributed by atoms with Crippen LogP contribution >= 0.6 is 11.8 Å². The number of para-hydroxylation sites is 2. The molecule has 2 unspecified atom stereocenters.